The molecule has 7 nitrogen and oxygen atoms in total. The summed E-state index contributed by atoms with van der Waals surface area (Å²) < 4.78 is 31.6. The van der Waals surface area contributed by atoms with Crippen LogP contribution >= 0.6 is 0 Å². The van der Waals surface area contributed by atoms with Crippen LogP contribution in [0, 0.1) is 0 Å². The molecule has 3 aromatic rings. The molecular weight excluding hydrogens is 473 g/mol. The summed E-state index contributed by atoms with van der Waals surface area (Å²) in [5.41, 5.74) is 1.68. The molecule has 2 aliphatic rings. The van der Waals surface area contributed by atoms with Crippen LogP contribution in [0.5, 0.6) is 11.5 Å². The Bertz CT molecular complexity index is 1260. The molecule has 198 valence electrons. The van der Waals surface area contributed by atoms with Gasteiger partial charge in [-0.1, -0.05) is 0 Å². The SMILES string of the molecule is COc1cc(-n2ccc3cc(OC[C@@H]4CCCO4)ccc3c2=O)ccc1N1CCCN(CCCF)CC1. The van der Waals surface area contributed by atoms with Crippen LogP contribution in [0.1, 0.15) is 25.7 Å². The Hall–Kier alpha value is -3.10. The highest BCUT2D eigenvalue weighted by molar-refractivity contribution is 5.83. The van der Waals surface area contributed by atoms with Crippen LogP contribution in [-0.2, 0) is 4.74 Å². The third kappa shape index (κ3) is 5.91. The first-order valence-electron chi connectivity index (χ1n) is 13.3. The van der Waals surface area contributed by atoms with E-state index in [1.807, 2.05) is 42.5 Å². The van der Waals surface area contributed by atoms with Crippen LogP contribution in [0.25, 0.3) is 16.5 Å². The quantitative estimate of drug-likeness (QED) is 0.426. The van der Waals surface area contributed by atoms with E-state index in [9.17, 15) is 9.18 Å². The fourth-order valence-corrected chi connectivity index (χ4v) is 5.28. The van der Waals surface area contributed by atoms with Crippen molar-refractivity contribution in [2.75, 3.05) is 64.6 Å². The molecule has 8 heteroatoms. The topological polar surface area (TPSA) is 56.2 Å². The lowest BCUT2D eigenvalue weighted by Gasteiger charge is -2.26. The summed E-state index contributed by atoms with van der Waals surface area (Å²) in [6, 6.07) is 13.5. The molecule has 0 aliphatic carbocycles. The van der Waals surface area contributed by atoms with Crippen molar-refractivity contribution in [2.45, 2.75) is 31.8 Å². The molecule has 0 unspecified atom stereocenters. The Kier molecular flexibility index (Phi) is 8.26. The van der Waals surface area contributed by atoms with E-state index >= 15 is 0 Å². The number of anilines is 1. The molecule has 0 saturated carbocycles. The van der Waals surface area contributed by atoms with Gasteiger partial charge in [0.2, 0.25) is 0 Å². The van der Waals surface area contributed by atoms with E-state index in [0.717, 1.165) is 86.9 Å². The van der Waals surface area contributed by atoms with Crippen LogP contribution in [0.2, 0.25) is 0 Å². The van der Waals surface area contributed by atoms with Crippen molar-refractivity contribution < 1.29 is 18.6 Å². The average molecular weight is 510 g/mol. The lowest BCUT2D eigenvalue weighted by Crippen LogP contribution is -2.31. The van der Waals surface area contributed by atoms with Gasteiger partial charge in [-0.3, -0.25) is 13.8 Å². The van der Waals surface area contributed by atoms with Crippen LogP contribution in [0.15, 0.2) is 53.5 Å². The van der Waals surface area contributed by atoms with Crippen molar-refractivity contribution in [1.82, 2.24) is 9.47 Å². The lowest BCUT2D eigenvalue weighted by molar-refractivity contribution is 0.0680. The number of methoxy groups -OCH3 is 1. The predicted molar refractivity (Wildman–Crippen MR) is 144 cm³/mol. The van der Waals surface area contributed by atoms with E-state index in [4.69, 9.17) is 14.2 Å². The number of pyridine rings is 1. The highest BCUT2D eigenvalue weighted by Crippen LogP contribution is 2.31. The van der Waals surface area contributed by atoms with Gasteiger partial charge in [-0.25, -0.2) is 0 Å². The molecule has 37 heavy (non-hydrogen) atoms. The summed E-state index contributed by atoms with van der Waals surface area (Å²) in [7, 11) is 1.66. The van der Waals surface area contributed by atoms with Gasteiger partial charge in [0.1, 0.15) is 18.1 Å². The minimum absolute atomic E-state index is 0.0868. The molecule has 1 atom stereocenters. The normalized spacial score (nSPS) is 18.8. The van der Waals surface area contributed by atoms with Gasteiger partial charge < -0.3 is 24.0 Å². The van der Waals surface area contributed by atoms with Gasteiger partial charge in [0.25, 0.3) is 5.56 Å². The summed E-state index contributed by atoms with van der Waals surface area (Å²) in [5, 5.41) is 1.48. The molecule has 0 bridgehead atoms. The molecule has 1 aromatic heterocycles. The van der Waals surface area contributed by atoms with E-state index < -0.39 is 0 Å². The zero-order valence-electron chi connectivity index (χ0n) is 21.5. The number of benzene rings is 2. The third-order valence-corrected chi connectivity index (χ3v) is 7.31. The zero-order chi connectivity index (χ0) is 25.6. The number of nitrogens with zero attached hydrogens (tertiary/aromatic N) is 3. The average Bonchev–Trinajstić information content (AvgIpc) is 3.35. The van der Waals surface area contributed by atoms with Crippen molar-refractivity contribution in [3.63, 3.8) is 0 Å². The minimum atomic E-state index is -0.269. The fourth-order valence-electron chi connectivity index (χ4n) is 5.28. The highest BCUT2D eigenvalue weighted by Gasteiger charge is 2.19. The van der Waals surface area contributed by atoms with E-state index in [2.05, 4.69) is 9.80 Å². The van der Waals surface area contributed by atoms with E-state index in [0.29, 0.717) is 18.4 Å². The van der Waals surface area contributed by atoms with Crippen molar-refractivity contribution in [3.8, 4) is 17.2 Å². The second kappa shape index (κ2) is 12.0. The van der Waals surface area contributed by atoms with Crippen LogP contribution in [-0.4, -0.2) is 75.3 Å². The van der Waals surface area contributed by atoms with Crippen molar-refractivity contribution in [2.24, 2.45) is 0 Å². The molecular formula is C29H36FN3O4. The molecule has 0 spiro atoms. The molecule has 0 radical (unpaired) electrons. The number of alkyl halides is 1. The first kappa shape index (κ1) is 25.5. The van der Waals surface area contributed by atoms with Gasteiger partial charge in [0.05, 0.1) is 31.3 Å². The van der Waals surface area contributed by atoms with Gasteiger partial charge in [-0.05, 0) is 74.0 Å². The summed E-state index contributed by atoms with van der Waals surface area (Å²) in [6.07, 6.45) is 5.66. The Morgan fingerprint density at radius 1 is 1.05 bits per heavy atom. The van der Waals surface area contributed by atoms with Gasteiger partial charge >= 0.3 is 0 Å². The molecule has 2 fully saturated rings. The maximum absolute atomic E-state index is 13.4. The van der Waals surface area contributed by atoms with Crippen LogP contribution in [0.3, 0.4) is 0 Å². The standard InChI is InChI=1S/C29H36FN3O4/c1-35-28-20-23(6-9-27(28)32-14-4-13-31(16-17-32)12-3-11-30)33-15-10-22-19-24(7-8-26(22)29(33)34)37-21-25-5-2-18-36-25/h6-10,15,19-20,25H,2-5,11-14,16-18,21H2,1H3/t25-/m0/s1. The Balaban J connectivity index is 1.34. The maximum Gasteiger partial charge on any atom is 0.262 e. The van der Waals surface area contributed by atoms with E-state index in [1.54, 1.807) is 17.9 Å². The number of halogens is 1. The van der Waals surface area contributed by atoms with Crippen LogP contribution in [0.4, 0.5) is 10.1 Å². The monoisotopic (exact) mass is 509 g/mol. The molecule has 0 N–H and O–H groups in total. The first-order chi connectivity index (χ1) is 18.2. The second-order valence-electron chi connectivity index (χ2n) is 9.77. The predicted octanol–water partition coefficient (Wildman–Crippen LogP) is 4.43. The molecule has 5 rings (SSSR count). The number of ether oxygens (including phenoxy) is 3. The van der Waals surface area contributed by atoms with Crippen molar-refractivity contribution >= 4 is 16.5 Å². The molecule has 2 saturated heterocycles. The number of aromatic nitrogens is 1. The number of fused-ring (bicyclic) bond motifs is 1. The lowest BCUT2D eigenvalue weighted by atomic mass is 10.1. The van der Waals surface area contributed by atoms with Gasteiger partial charge in [0, 0.05) is 50.4 Å². The van der Waals surface area contributed by atoms with E-state index in [1.165, 1.54) is 0 Å². The Morgan fingerprint density at radius 3 is 2.78 bits per heavy atom. The molecule has 2 aromatic carbocycles. The third-order valence-electron chi connectivity index (χ3n) is 7.31. The van der Waals surface area contributed by atoms with Gasteiger partial charge in [-0.2, -0.15) is 0 Å². The smallest absolute Gasteiger partial charge is 0.262 e. The molecule has 3 heterocycles. The largest absolute Gasteiger partial charge is 0.495 e. The number of hydrogen-bond donors (Lipinski definition) is 0. The Labute approximate surface area is 217 Å². The van der Waals surface area contributed by atoms with E-state index in [-0.39, 0.29) is 18.3 Å². The highest BCUT2D eigenvalue weighted by atomic mass is 19.1. The van der Waals surface area contributed by atoms with Gasteiger partial charge in [0.15, 0.2) is 0 Å². The van der Waals surface area contributed by atoms with Crippen molar-refractivity contribution in [3.05, 3.63) is 59.0 Å². The summed E-state index contributed by atoms with van der Waals surface area (Å²) in [4.78, 5) is 18.0. The summed E-state index contributed by atoms with van der Waals surface area (Å²) in [6.45, 7) is 5.50. The number of rotatable bonds is 9. The molecule has 2 aliphatic heterocycles. The summed E-state index contributed by atoms with van der Waals surface area (Å²) in [5.74, 6) is 1.48. The minimum Gasteiger partial charge on any atom is -0.495 e. The molecule has 0 amide bonds. The van der Waals surface area contributed by atoms with Crippen LogP contribution < -0.4 is 19.9 Å². The Morgan fingerprint density at radius 2 is 1.97 bits per heavy atom. The summed E-state index contributed by atoms with van der Waals surface area (Å²) >= 11 is 0. The number of hydrogen-bond acceptors (Lipinski definition) is 6. The van der Waals surface area contributed by atoms with Crippen molar-refractivity contribution in [1.29, 1.82) is 0 Å². The fraction of sp³-hybridized carbons (Fsp3) is 0.483. The second-order valence-corrected chi connectivity index (χ2v) is 9.77. The van der Waals surface area contributed by atoms with Gasteiger partial charge in [-0.15, -0.1) is 0 Å². The maximum atomic E-state index is 13.4. The zero-order valence-corrected chi connectivity index (χ0v) is 21.5. The first-order valence-corrected chi connectivity index (χ1v) is 13.3.